The summed E-state index contributed by atoms with van der Waals surface area (Å²) < 4.78 is 29.9. The zero-order valence-corrected chi connectivity index (χ0v) is 19.0. The molecule has 31 heavy (non-hydrogen) atoms. The summed E-state index contributed by atoms with van der Waals surface area (Å²) in [6.45, 7) is 1.94. The van der Waals surface area contributed by atoms with Crippen LogP contribution < -0.4 is 5.32 Å². The molecule has 3 aromatic rings. The molecule has 1 aliphatic rings. The normalized spacial score (nSPS) is 17.7. The second-order valence-corrected chi connectivity index (χ2v) is 11.1. The van der Waals surface area contributed by atoms with Gasteiger partial charge in [0.05, 0.1) is 23.7 Å². The summed E-state index contributed by atoms with van der Waals surface area (Å²) >= 11 is 7.19. The Morgan fingerprint density at radius 3 is 2.74 bits per heavy atom. The standard InChI is InChI=1S/C20H20ClN3O5S2/c1-12-16-8-17(20(26)29-10-18(25)22-15-6-7-31(27,28)11-15)30-19(16)24(23-12)9-13-2-4-14(21)5-3-13/h2-5,8,15H,6-7,9-11H2,1H3,(H,22,25). The Morgan fingerprint density at radius 1 is 1.32 bits per heavy atom. The number of hydrogen-bond donors (Lipinski definition) is 1. The Bertz CT molecular complexity index is 1250. The zero-order chi connectivity index (χ0) is 22.2. The van der Waals surface area contributed by atoms with Gasteiger partial charge in [-0.25, -0.2) is 13.2 Å². The van der Waals surface area contributed by atoms with Crippen molar-refractivity contribution in [3.63, 3.8) is 0 Å². The van der Waals surface area contributed by atoms with Crippen LogP contribution in [0.3, 0.4) is 0 Å². The fourth-order valence-corrected chi connectivity index (χ4v) is 6.32. The maximum Gasteiger partial charge on any atom is 0.348 e. The van der Waals surface area contributed by atoms with Crippen LogP contribution in [0.4, 0.5) is 0 Å². The van der Waals surface area contributed by atoms with Gasteiger partial charge in [0.15, 0.2) is 16.4 Å². The summed E-state index contributed by atoms with van der Waals surface area (Å²) in [5.74, 6) is -1.13. The lowest BCUT2D eigenvalue weighted by atomic mass is 10.2. The van der Waals surface area contributed by atoms with Gasteiger partial charge in [0.25, 0.3) is 5.91 Å². The molecule has 0 aliphatic carbocycles. The van der Waals surface area contributed by atoms with E-state index in [2.05, 4.69) is 10.4 Å². The van der Waals surface area contributed by atoms with E-state index in [-0.39, 0.29) is 11.5 Å². The Labute approximate surface area is 188 Å². The lowest BCUT2D eigenvalue weighted by Crippen LogP contribution is -2.38. The van der Waals surface area contributed by atoms with E-state index in [0.717, 1.165) is 21.5 Å². The lowest BCUT2D eigenvalue weighted by molar-refractivity contribution is -0.124. The molecule has 1 fully saturated rings. The van der Waals surface area contributed by atoms with E-state index in [1.54, 1.807) is 6.07 Å². The molecule has 2 aromatic heterocycles. The summed E-state index contributed by atoms with van der Waals surface area (Å²) in [5, 5.41) is 8.65. The summed E-state index contributed by atoms with van der Waals surface area (Å²) in [5.41, 5.74) is 1.82. The molecular formula is C20H20ClN3O5S2. The van der Waals surface area contributed by atoms with Gasteiger partial charge in [0.2, 0.25) is 0 Å². The number of thiophene rings is 1. The number of fused-ring (bicyclic) bond motifs is 1. The van der Waals surface area contributed by atoms with Crippen LogP contribution in [0.1, 0.15) is 27.3 Å². The number of aromatic nitrogens is 2. The van der Waals surface area contributed by atoms with Crippen LogP contribution in [0, 0.1) is 6.92 Å². The minimum atomic E-state index is -3.09. The number of halogens is 1. The minimum Gasteiger partial charge on any atom is -0.451 e. The van der Waals surface area contributed by atoms with Gasteiger partial charge < -0.3 is 10.1 Å². The number of carbonyl (C=O) groups is 2. The molecule has 1 aromatic carbocycles. The van der Waals surface area contributed by atoms with Crippen molar-refractivity contribution >= 4 is 54.9 Å². The molecule has 4 rings (SSSR count). The molecule has 0 saturated carbocycles. The average molecular weight is 482 g/mol. The summed E-state index contributed by atoms with van der Waals surface area (Å²) in [7, 11) is -3.09. The molecule has 0 spiro atoms. The van der Waals surface area contributed by atoms with Crippen LogP contribution in [0.5, 0.6) is 0 Å². The van der Waals surface area contributed by atoms with Crippen LogP contribution in [0.25, 0.3) is 10.2 Å². The van der Waals surface area contributed by atoms with Gasteiger partial charge in [-0.05, 0) is 37.1 Å². The largest absolute Gasteiger partial charge is 0.451 e. The topological polar surface area (TPSA) is 107 Å². The third-order valence-electron chi connectivity index (χ3n) is 4.99. The number of benzene rings is 1. The van der Waals surface area contributed by atoms with Crippen LogP contribution >= 0.6 is 22.9 Å². The smallest absolute Gasteiger partial charge is 0.348 e. The number of aryl methyl sites for hydroxylation is 1. The first-order valence-electron chi connectivity index (χ1n) is 9.58. The minimum absolute atomic E-state index is 0.0614. The number of nitrogens with one attached hydrogen (secondary N) is 1. The molecule has 0 bridgehead atoms. The van der Waals surface area contributed by atoms with Gasteiger partial charge in [-0.15, -0.1) is 11.3 Å². The molecule has 1 amide bonds. The Morgan fingerprint density at radius 2 is 2.06 bits per heavy atom. The molecule has 1 N–H and O–H groups in total. The second-order valence-electron chi connectivity index (χ2n) is 7.44. The number of carbonyl (C=O) groups excluding carboxylic acids is 2. The van der Waals surface area contributed by atoms with E-state index in [1.165, 1.54) is 11.3 Å². The number of ether oxygens (including phenoxy) is 1. The van der Waals surface area contributed by atoms with Crippen LogP contribution in [-0.2, 0) is 25.9 Å². The van der Waals surface area contributed by atoms with Crippen molar-refractivity contribution < 1.29 is 22.7 Å². The average Bonchev–Trinajstić information content (AvgIpc) is 3.37. The molecule has 3 heterocycles. The third-order valence-corrected chi connectivity index (χ3v) is 8.13. The first-order chi connectivity index (χ1) is 14.7. The fourth-order valence-electron chi connectivity index (χ4n) is 3.46. The van der Waals surface area contributed by atoms with E-state index in [1.807, 2.05) is 35.9 Å². The van der Waals surface area contributed by atoms with Gasteiger partial charge in [-0.1, -0.05) is 23.7 Å². The highest BCUT2D eigenvalue weighted by Gasteiger charge is 2.29. The molecule has 0 radical (unpaired) electrons. The highest BCUT2D eigenvalue weighted by atomic mass is 35.5. The maximum absolute atomic E-state index is 12.4. The molecule has 11 heteroatoms. The number of nitrogens with zero attached hydrogens (tertiary/aromatic N) is 2. The zero-order valence-electron chi connectivity index (χ0n) is 16.6. The van der Waals surface area contributed by atoms with Crippen molar-refractivity contribution in [3.05, 3.63) is 51.5 Å². The van der Waals surface area contributed by atoms with Crippen LogP contribution in [-0.4, -0.2) is 54.2 Å². The van der Waals surface area contributed by atoms with Crippen molar-refractivity contribution in [1.29, 1.82) is 0 Å². The predicted octanol–water partition coefficient (Wildman–Crippen LogP) is 2.57. The van der Waals surface area contributed by atoms with Crippen molar-refractivity contribution in [2.24, 2.45) is 0 Å². The van der Waals surface area contributed by atoms with Gasteiger partial charge in [-0.3, -0.25) is 9.48 Å². The summed E-state index contributed by atoms with van der Waals surface area (Å²) in [6.07, 6.45) is 0.377. The highest BCUT2D eigenvalue weighted by molar-refractivity contribution is 7.91. The van der Waals surface area contributed by atoms with Gasteiger partial charge in [-0.2, -0.15) is 5.10 Å². The third kappa shape index (κ3) is 5.08. The van der Waals surface area contributed by atoms with Crippen molar-refractivity contribution in [2.75, 3.05) is 18.1 Å². The van der Waals surface area contributed by atoms with Crippen molar-refractivity contribution in [2.45, 2.75) is 25.9 Å². The molecule has 1 saturated heterocycles. The number of esters is 1. The Kier molecular flexibility index (Phi) is 6.05. The number of amides is 1. The van der Waals surface area contributed by atoms with Gasteiger partial charge >= 0.3 is 5.97 Å². The van der Waals surface area contributed by atoms with E-state index in [0.29, 0.717) is 22.9 Å². The fraction of sp³-hybridized carbons (Fsp3) is 0.350. The molecule has 8 nitrogen and oxygen atoms in total. The molecule has 1 atom stereocenters. The lowest BCUT2D eigenvalue weighted by Gasteiger charge is -2.10. The number of rotatable bonds is 6. The van der Waals surface area contributed by atoms with E-state index in [4.69, 9.17) is 16.3 Å². The van der Waals surface area contributed by atoms with E-state index >= 15 is 0 Å². The second kappa shape index (κ2) is 8.60. The molecule has 1 aliphatic heterocycles. The molecule has 164 valence electrons. The van der Waals surface area contributed by atoms with Gasteiger partial charge in [0, 0.05) is 16.5 Å². The predicted molar refractivity (Wildman–Crippen MR) is 118 cm³/mol. The maximum atomic E-state index is 12.4. The Balaban J connectivity index is 1.40. The highest BCUT2D eigenvalue weighted by Crippen LogP contribution is 2.29. The van der Waals surface area contributed by atoms with Crippen LogP contribution in [0.15, 0.2) is 30.3 Å². The number of hydrogen-bond acceptors (Lipinski definition) is 7. The SMILES string of the molecule is Cc1nn(Cc2ccc(Cl)cc2)c2sc(C(=O)OCC(=O)NC3CCS(=O)(=O)C3)cc12. The number of sulfone groups is 1. The van der Waals surface area contributed by atoms with E-state index < -0.39 is 34.4 Å². The quantitative estimate of drug-likeness (QED) is 0.542. The summed E-state index contributed by atoms with van der Waals surface area (Å²) in [6, 6.07) is 8.75. The molecular weight excluding hydrogens is 462 g/mol. The molecule has 1 unspecified atom stereocenters. The van der Waals surface area contributed by atoms with Gasteiger partial charge in [0.1, 0.15) is 9.71 Å². The first-order valence-corrected chi connectivity index (χ1v) is 12.6. The van der Waals surface area contributed by atoms with E-state index in [9.17, 15) is 18.0 Å². The first kappa shape index (κ1) is 21.8. The van der Waals surface area contributed by atoms with Crippen molar-refractivity contribution in [1.82, 2.24) is 15.1 Å². The monoisotopic (exact) mass is 481 g/mol. The van der Waals surface area contributed by atoms with Crippen LogP contribution in [0.2, 0.25) is 5.02 Å². The Hall–Kier alpha value is -2.43. The van der Waals surface area contributed by atoms with Crippen molar-refractivity contribution in [3.8, 4) is 0 Å². The summed E-state index contributed by atoms with van der Waals surface area (Å²) in [4.78, 5) is 25.6.